The number of ether oxygens (including phenoxy) is 1. The smallest absolute Gasteiger partial charge is 0.131 e. The van der Waals surface area contributed by atoms with Crippen molar-refractivity contribution in [1.29, 1.82) is 0 Å². The van der Waals surface area contributed by atoms with Crippen LogP contribution in [0.3, 0.4) is 0 Å². The van der Waals surface area contributed by atoms with Crippen molar-refractivity contribution in [3.63, 3.8) is 0 Å². The average molecular weight is 245 g/mol. The van der Waals surface area contributed by atoms with E-state index in [4.69, 9.17) is 10.5 Å². The molecular weight excluding hydrogens is 226 g/mol. The van der Waals surface area contributed by atoms with Gasteiger partial charge in [0.2, 0.25) is 0 Å². The van der Waals surface area contributed by atoms with Crippen molar-refractivity contribution in [1.82, 2.24) is 9.78 Å². The molecule has 96 valence electrons. The monoisotopic (exact) mass is 245 g/mol. The molecule has 0 bridgehead atoms. The Morgan fingerprint density at radius 3 is 2.56 bits per heavy atom. The number of hydrogen-bond donors (Lipinski definition) is 1. The molecule has 2 rings (SSSR count). The second-order valence-electron chi connectivity index (χ2n) is 4.66. The quantitative estimate of drug-likeness (QED) is 0.904. The molecule has 2 N–H and O–H groups in total. The Morgan fingerprint density at radius 2 is 2.06 bits per heavy atom. The van der Waals surface area contributed by atoms with Gasteiger partial charge in [-0.2, -0.15) is 5.10 Å². The van der Waals surface area contributed by atoms with Crippen LogP contribution in [0.25, 0.3) is 11.3 Å². The summed E-state index contributed by atoms with van der Waals surface area (Å²) in [6.45, 7) is 4.29. The van der Waals surface area contributed by atoms with Gasteiger partial charge in [-0.25, -0.2) is 0 Å². The van der Waals surface area contributed by atoms with E-state index in [1.807, 2.05) is 25.2 Å². The summed E-state index contributed by atoms with van der Waals surface area (Å²) in [6.07, 6.45) is 0. The van der Waals surface area contributed by atoms with E-state index < -0.39 is 0 Å². The topological polar surface area (TPSA) is 53.1 Å². The van der Waals surface area contributed by atoms with Gasteiger partial charge < -0.3 is 10.5 Å². The van der Waals surface area contributed by atoms with Crippen LogP contribution in [-0.4, -0.2) is 16.9 Å². The largest absolute Gasteiger partial charge is 0.496 e. The summed E-state index contributed by atoms with van der Waals surface area (Å²) in [5.41, 5.74) is 8.83. The minimum Gasteiger partial charge on any atom is -0.496 e. The molecule has 1 aromatic carbocycles. The number of benzene rings is 1. The SMILES string of the molecule is COc1c(-c2cc(N)n(C)n2)cccc1C(C)C. The second kappa shape index (κ2) is 4.72. The van der Waals surface area contributed by atoms with Crippen molar-refractivity contribution >= 4 is 5.82 Å². The molecule has 2 aromatic rings. The lowest BCUT2D eigenvalue weighted by Gasteiger charge is -2.14. The highest BCUT2D eigenvalue weighted by atomic mass is 16.5. The van der Waals surface area contributed by atoms with Crippen molar-refractivity contribution in [3.8, 4) is 17.0 Å². The Hall–Kier alpha value is -1.97. The predicted molar refractivity (Wildman–Crippen MR) is 73.7 cm³/mol. The first-order chi connectivity index (χ1) is 8.54. The molecule has 0 radical (unpaired) electrons. The number of methoxy groups -OCH3 is 1. The number of aryl methyl sites for hydroxylation is 1. The maximum Gasteiger partial charge on any atom is 0.131 e. The molecule has 0 aliphatic carbocycles. The Kier molecular flexibility index (Phi) is 3.28. The van der Waals surface area contributed by atoms with Crippen LogP contribution in [0, 0.1) is 0 Å². The van der Waals surface area contributed by atoms with Crippen LogP contribution >= 0.6 is 0 Å². The van der Waals surface area contributed by atoms with Gasteiger partial charge in [0.25, 0.3) is 0 Å². The van der Waals surface area contributed by atoms with Crippen molar-refractivity contribution in [3.05, 3.63) is 29.8 Å². The summed E-state index contributed by atoms with van der Waals surface area (Å²) >= 11 is 0. The zero-order chi connectivity index (χ0) is 13.3. The minimum atomic E-state index is 0.404. The van der Waals surface area contributed by atoms with E-state index in [1.165, 1.54) is 5.56 Å². The van der Waals surface area contributed by atoms with Gasteiger partial charge in [-0.15, -0.1) is 0 Å². The first kappa shape index (κ1) is 12.5. The Morgan fingerprint density at radius 1 is 1.33 bits per heavy atom. The van der Waals surface area contributed by atoms with Gasteiger partial charge in [-0.05, 0) is 17.5 Å². The lowest BCUT2D eigenvalue weighted by Crippen LogP contribution is -1.98. The van der Waals surface area contributed by atoms with Crippen molar-refractivity contribution in [2.24, 2.45) is 7.05 Å². The molecule has 0 aliphatic heterocycles. The van der Waals surface area contributed by atoms with Gasteiger partial charge in [0.15, 0.2) is 0 Å². The standard InChI is InChI=1S/C14H19N3O/c1-9(2)10-6-5-7-11(14(10)18-4)12-8-13(15)17(3)16-12/h5-9H,15H2,1-4H3. The molecule has 18 heavy (non-hydrogen) atoms. The molecule has 0 aliphatic rings. The van der Waals surface area contributed by atoms with Gasteiger partial charge in [0.1, 0.15) is 11.6 Å². The first-order valence-corrected chi connectivity index (χ1v) is 6.01. The van der Waals surface area contributed by atoms with E-state index in [0.29, 0.717) is 11.7 Å². The number of nitrogens with zero attached hydrogens (tertiary/aromatic N) is 2. The van der Waals surface area contributed by atoms with Gasteiger partial charge in [-0.3, -0.25) is 4.68 Å². The van der Waals surface area contributed by atoms with Crippen molar-refractivity contribution in [2.75, 3.05) is 12.8 Å². The highest BCUT2D eigenvalue weighted by Gasteiger charge is 2.15. The molecule has 4 nitrogen and oxygen atoms in total. The van der Waals surface area contributed by atoms with Crippen LogP contribution in [-0.2, 0) is 7.05 Å². The van der Waals surface area contributed by atoms with Crippen LogP contribution in [0.15, 0.2) is 24.3 Å². The number of rotatable bonds is 3. The number of hydrogen-bond acceptors (Lipinski definition) is 3. The summed E-state index contributed by atoms with van der Waals surface area (Å²) in [7, 11) is 3.52. The predicted octanol–water partition coefficient (Wildman–Crippen LogP) is 2.80. The Labute approximate surface area is 107 Å². The fourth-order valence-electron chi connectivity index (χ4n) is 2.05. The van der Waals surface area contributed by atoms with Crippen molar-refractivity contribution in [2.45, 2.75) is 19.8 Å². The van der Waals surface area contributed by atoms with E-state index in [0.717, 1.165) is 17.0 Å². The van der Waals surface area contributed by atoms with E-state index >= 15 is 0 Å². The summed E-state index contributed by atoms with van der Waals surface area (Å²) in [5.74, 6) is 1.92. The van der Waals surface area contributed by atoms with Crippen LogP contribution in [0.1, 0.15) is 25.3 Å². The normalized spacial score (nSPS) is 10.9. The molecule has 0 unspecified atom stereocenters. The highest BCUT2D eigenvalue weighted by Crippen LogP contribution is 2.36. The zero-order valence-corrected chi connectivity index (χ0v) is 11.3. The second-order valence-corrected chi connectivity index (χ2v) is 4.66. The molecule has 0 saturated heterocycles. The molecular formula is C14H19N3O. The van der Waals surface area contributed by atoms with Crippen LogP contribution < -0.4 is 10.5 Å². The molecule has 0 amide bonds. The summed E-state index contributed by atoms with van der Waals surface area (Å²) < 4.78 is 7.21. The number of nitrogen functional groups attached to an aromatic ring is 1. The van der Waals surface area contributed by atoms with E-state index in [9.17, 15) is 0 Å². The third-order valence-electron chi connectivity index (χ3n) is 3.06. The molecule has 4 heteroatoms. The molecule has 1 aromatic heterocycles. The van der Waals surface area contributed by atoms with Gasteiger partial charge in [-0.1, -0.05) is 26.0 Å². The number of para-hydroxylation sites is 1. The third-order valence-corrected chi connectivity index (χ3v) is 3.06. The maximum atomic E-state index is 5.83. The summed E-state index contributed by atoms with van der Waals surface area (Å²) in [4.78, 5) is 0. The number of nitrogens with two attached hydrogens (primary N) is 1. The van der Waals surface area contributed by atoms with Gasteiger partial charge in [0.05, 0.1) is 12.8 Å². The third kappa shape index (κ3) is 2.06. The Balaban J connectivity index is 2.60. The first-order valence-electron chi connectivity index (χ1n) is 6.01. The molecule has 0 atom stereocenters. The van der Waals surface area contributed by atoms with Crippen molar-refractivity contribution < 1.29 is 4.74 Å². The van der Waals surface area contributed by atoms with E-state index in [1.54, 1.807) is 11.8 Å². The van der Waals surface area contributed by atoms with Crippen LogP contribution in [0.4, 0.5) is 5.82 Å². The molecule has 0 saturated carbocycles. The summed E-state index contributed by atoms with van der Waals surface area (Å²) in [6, 6.07) is 7.98. The highest BCUT2D eigenvalue weighted by molar-refractivity contribution is 5.71. The fraction of sp³-hybridized carbons (Fsp3) is 0.357. The molecule has 0 spiro atoms. The van der Waals surface area contributed by atoms with Crippen LogP contribution in [0.5, 0.6) is 5.75 Å². The molecule has 1 heterocycles. The average Bonchev–Trinajstić information content (AvgIpc) is 2.68. The van der Waals surface area contributed by atoms with Gasteiger partial charge in [0, 0.05) is 18.7 Å². The van der Waals surface area contributed by atoms with Gasteiger partial charge >= 0.3 is 0 Å². The number of anilines is 1. The van der Waals surface area contributed by atoms with E-state index in [-0.39, 0.29) is 0 Å². The number of aromatic nitrogens is 2. The van der Waals surface area contributed by atoms with E-state index in [2.05, 4.69) is 25.0 Å². The summed E-state index contributed by atoms with van der Waals surface area (Å²) in [5, 5.41) is 4.40. The minimum absolute atomic E-state index is 0.404. The zero-order valence-electron chi connectivity index (χ0n) is 11.3. The van der Waals surface area contributed by atoms with Crippen LogP contribution in [0.2, 0.25) is 0 Å². The Bertz CT molecular complexity index is 539. The lowest BCUT2D eigenvalue weighted by atomic mass is 9.98. The maximum absolute atomic E-state index is 5.83. The lowest BCUT2D eigenvalue weighted by molar-refractivity contribution is 0.409. The molecule has 0 fully saturated rings. The fourth-order valence-corrected chi connectivity index (χ4v) is 2.05.